The third kappa shape index (κ3) is 5.26. The number of hydrogen-bond donors (Lipinski definition) is 0. The molecule has 0 radical (unpaired) electrons. The second kappa shape index (κ2) is 12.5. The van der Waals surface area contributed by atoms with E-state index >= 15 is 0 Å². The van der Waals surface area contributed by atoms with Crippen LogP contribution in [-0.4, -0.2) is 19.9 Å². The number of thiophene rings is 1. The first-order valence-corrected chi connectivity index (χ1v) is 19.5. The van der Waals surface area contributed by atoms with Gasteiger partial charge in [0.25, 0.3) is 0 Å². The van der Waals surface area contributed by atoms with Gasteiger partial charge in [0.2, 0.25) is 0 Å². The Morgan fingerprint density at radius 3 is 1.61 bits per heavy atom. The molecule has 3 aromatic heterocycles. The van der Waals surface area contributed by atoms with Crippen molar-refractivity contribution < 1.29 is 0 Å². The third-order valence-electron chi connectivity index (χ3n) is 10.1. The lowest BCUT2D eigenvalue weighted by atomic mass is 9.96. The molecule has 0 aliphatic heterocycles. The lowest BCUT2D eigenvalue weighted by molar-refractivity contribution is 1.08. The van der Waals surface area contributed by atoms with Crippen LogP contribution in [0, 0.1) is 0 Å². The summed E-state index contributed by atoms with van der Waals surface area (Å²) in [7, 11) is 0. The Bertz CT molecular complexity index is 3220. The molecule has 0 aliphatic carbocycles. The summed E-state index contributed by atoms with van der Waals surface area (Å²) in [6.07, 6.45) is 0. The summed E-state index contributed by atoms with van der Waals surface area (Å²) in [5.41, 5.74) is 7.46. The number of fused-ring (bicyclic) bond motifs is 6. The molecular formula is C48H28N4S2. The number of benzene rings is 8. The molecule has 6 heteroatoms. The van der Waals surface area contributed by atoms with Gasteiger partial charge >= 0.3 is 0 Å². The number of aromatic nitrogens is 4. The molecule has 0 amide bonds. The molecule has 0 unspecified atom stereocenters. The predicted octanol–water partition coefficient (Wildman–Crippen LogP) is 13.5. The first kappa shape index (κ1) is 31.0. The maximum absolute atomic E-state index is 5.18. The molecule has 0 fully saturated rings. The van der Waals surface area contributed by atoms with Crippen LogP contribution >= 0.6 is 22.7 Å². The van der Waals surface area contributed by atoms with Gasteiger partial charge in [-0.1, -0.05) is 140 Å². The summed E-state index contributed by atoms with van der Waals surface area (Å²) >= 11 is 3.61. The highest BCUT2D eigenvalue weighted by atomic mass is 32.1. The number of thiazole rings is 1. The largest absolute Gasteiger partial charge is 0.236 e. The Balaban J connectivity index is 1.07. The monoisotopic (exact) mass is 724 g/mol. The summed E-state index contributed by atoms with van der Waals surface area (Å²) in [4.78, 5) is 20.2. The van der Waals surface area contributed by atoms with Crippen LogP contribution in [0.3, 0.4) is 0 Å². The molecule has 0 spiro atoms. The van der Waals surface area contributed by atoms with E-state index in [0.717, 1.165) is 48.9 Å². The van der Waals surface area contributed by atoms with Crippen LogP contribution in [0.15, 0.2) is 170 Å². The highest BCUT2D eigenvalue weighted by molar-refractivity contribution is 7.26. The van der Waals surface area contributed by atoms with Gasteiger partial charge in [-0.05, 0) is 57.4 Å². The molecule has 0 bridgehead atoms. The molecule has 11 rings (SSSR count). The van der Waals surface area contributed by atoms with Crippen molar-refractivity contribution in [1.82, 2.24) is 19.9 Å². The highest BCUT2D eigenvalue weighted by Gasteiger charge is 2.20. The van der Waals surface area contributed by atoms with Crippen molar-refractivity contribution in [3.05, 3.63) is 170 Å². The van der Waals surface area contributed by atoms with Gasteiger partial charge in [0.15, 0.2) is 17.5 Å². The predicted molar refractivity (Wildman–Crippen MR) is 228 cm³/mol. The Hall–Kier alpha value is -6.60. The Kier molecular flexibility index (Phi) is 7.18. The minimum Gasteiger partial charge on any atom is -0.236 e. The zero-order valence-electron chi connectivity index (χ0n) is 28.8. The molecule has 4 nitrogen and oxygen atoms in total. The van der Waals surface area contributed by atoms with Crippen LogP contribution in [0.4, 0.5) is 0 Å². The first-order valence-electron chi connectivity index (χ1n) is 17.9. The molecule has 0 aliphatic rings. The van der Waals surface area contributed by atoms with Gasteiger partial charge in [0.05, 0.1) is 10.2 Å². The fraction of sp³-hybridized carbons (Fsp3) is 0. The summed E-state index contributed by atoms with van der Waals surface area (Å²) in [5, 5.41) is 8.22. The number of rotatable bonds is 5. The Morgan fingerprint density at radius 2 is 0.889 bits per heavy atom. The molecule has 3 heterocycles. The van der Waals surface area contributed by atoms with Gasteiger partial charge in [-0.15, -0.1) is 22.7 Å². The van der Waals surface area contributed by atoms with Crippen molar-refractivity contribution in [2.24, 2.45) is 0 Å². The molecule has 0 saturated carbocycles. The van der Waals surface area contributed by atoms with Gasteiger partial charge in [-0.2, -0.15) is 0 Å². The van der Waals surface area contributed by atoms with Crippen molar-refractivity contribution in [2.45, 2.75) is 0 Å². The van der Waals surface area contributed by atoms with Gasteiger partial charge in [-0.3, -0.25) is 0 Å². The van der Waals surface area contributed by atoms with Crippen LogP contribution in [-0.2, 0) is 0 Å². The van der Waals surface area contributed by atoms with E-state index in [9.17, 15) is 0 Å². The number of nitrogens with zero attached hydrogens (tertiary/aromatic N) is 4. The van der Waals surface area contributed by atoms with E-state index in [1.165, 1.54) is 41.4 Å². The topological polar surface area (TPSA) is 51.6 Å². The summed E-state index contributed by atoms with van der Waals surface area (Å²) in [5.74, 6) is 1.95. The molecule has 252 valence electrons. The summed E-state index contributed by atoms with van der Waals surface area (Å²) < 4.78 is 3.75. The van der Waals surface area contributed by atoms with Crippen molar-refractivity contribution in [3.63, 3.8) is 0 Å². The molecule has 54 heavy (non-hydrogen) atoms. The summed E-state index contributed by atoms with van der Waals surface area (Å²) in [6, 6.07) is 59.8. The molecule has 8 aromatic carbocycles. The number of hydrogen-bond acceptors (Lipinski definition) is 6. The molecule has 0 atom stereocenters. The van der Waals surface area contributed by atoms with Crippen LogP contribution in [0.2, 0.25) is 0 Å². The Morgan fingerprint density at radius 1 is 0.352 bits per heavy atom. The van der Waals surface area contributed by atoms with E-state index in [1.54, 1.807) is 11.3 Å². The quantitative estimate of drug-likeness (QED) is 0.177. The molecular weight excluding hydrogens is 697 g/mol. The maximum Gasteiger partial charge on any atom is 0.164 e. The summed E-state index contributed by atoms with van der Waals surface area (Å²) in [6.45, 7) is 0. The van der Waals surface area contributed by atoms with Gasteiger partial charge in [-0.25, -0.2) is 19.9 Å². The minimum absolute atomic E-state index is 0.646. The van der Waals surface area contributed by atoms with E-state index in [1.807, 2.05) is 41.7 Å². The van der Waals surface area contributed by atoms with Crippen molar-refractivity contribution in [1.29, 1.82) is 0 Å². The van der Waals surface area contributed by atoms with Crippen LogP contribution in [0.25, 0.3) is 108 Å². The normalized spacial score (nSPS) is 11.7. The van der Waals surface area contributed by atoms with E-state index < -0.39 is 0 Å². The SMILES string of the molecule is c1ccc(-c2nc(-c3ccc4ccccc4c3)nc(-c3ccc4cc(-c5c6sc(-c7ccccc7)nc6cc6sc7ccccc7c56)ccc4c3)n2)cc1. The second-order valence-corrected chi connectivity index (χ2v) is 15.5. The van der Waals surface area contributed by atoms with Crippen molar-refractivity contribution in [2.75, 3.05) is 0 Å². The lowest BCUT2D eigenvalue weighted by Gasteiger charge is -2.11. The average molecular weight is 725 g/mol. The highest BCUT2D eigenvalue weighted by Crippen LogP contribution is 2.47. The van der Waals surface area contributed by atoms with Crippen molar-refractivity contribution >= 4 is 74.6 Å². The average Bonchev–Trinajstić information content (AvgIpc) is 3.84. The third-order valence-corrected chi connectivity index (χ3v) is 12.4. The van der Waals surface area contributed by atoms with Gasteiger partial charge in [0, 0.05) is 48.0 Å². The minimum atomic E-state index is 0.646. The van der Waals surface area contributed by atoms with Crippen LogP contribution < -0.4 is 0 Å². The zero-order chi connectivity index (χ0) is 35.6. The molecule has 0 N–H and O–H groups in total. The van der Waals surface area contributed by atoms with E-state index in [0.29, 0.717) is 17.5 Å². The second-order valence-electron chi connectivity index (χ2n) is 13.5. The van der Waals surface area contributed by atoms with Gasteiger partial charge in [0.1, 0.15) is 5.01 Å². The van der Waals surface area contributed by atoms with E-state index in [-0.39, 0.29) is 0 Å². The van der Waals surface area contributed by atoms with Crippen molar-refractivity contribution in [3.8, 4) is 55.9 Å². The smallest absolute Gasteiger partial charge is 0.164 e. The molecule has 0 saturated heterocycles. The van der Waals surface area contributed by atoms with Crippen LogP contribution in [0.5, 0.6) is 0 Å². The Labute approximate surface area is 318 Å². The maximum atomic E-state index is 5.18. The standard InChI is InChI=1S/C48H28N4S2/c1-3-12-30(13-4-1)45-50-46(36-23-19-29-11-7-8-16-32(29)26-36)52-47(51-45)37-24-21-33-25-35(22-20-34(33)27-37)42-43-38-17-9-10-18-40(38)53-41(43)28-39-44(42)54-48(49-39)31-14-5-2-6-15-31/h1-28H. The van der Waals surface area contributed by atoms with Crippen LogP contribution in [0.1, 0.15) is 0 Å². The fourth-order valence-corrected chi connectivity index (χ4v) is 9.74. The molecule has 11 aromatic rings. The van der Waals surface area contributed by atoms with E-state index in [4.69, 9.17) is 19.9 Å². The lowest BCUT2D eigenvalue weighted by Crippen LogP contribution is -2.00. The van der Waals surface area contributed by atoms with E-state index in [2.05, 4.69) is 140 Å². The fourth-order valence-electron chi connectivity index (χ4n) is 7.47. The first-order chi connectivity index (χ1) is 26.7. The van der Waals surface area contributed by atoms with Gasteiger partial charge < -0.3 is 0 Å². The zero-order valence-corrected chi connectivity index (χ0v) is 30.4.